The summed E-state index contributed by atoms with van der Waals surface area (Å²) in [7, 11) is -3.38. The summed E-state index contributed by atoms with van der Waals surface area (Å²) in [6, 6.07) is 9.57. The van der Waals surface area contributed by atoms with E-state index in [1.807, 2.05) is 0 Å². The smallest absolute Gasteiger partial charge is 0.178 e. The lowest BCUT2D eigenvalue weighted by molar-refractivity contribution is 0.241. The third-order valence-electron chi connectivity index (χ3n) is 5.68. The van der Waals surface area contributed by atoms with E-state index in [1.165, 1.54) is 24.3 Å². The van der Waals surface area contributed by atoms with Crippen molar-refractivity contribution in [1.29, 1.82) is 0 Å². The lowest BCUT2D eigenvalue weighted by atomic mass is 9.79. The van der Waals surface area contributed by atoms with Crippen molar-refractivity contribution in [3.05, 3.63) is 54.1 Å². The van der Waals surface area contributed by atoms with E-state index >= 15 is 0 Å². The maximum Gasteiger partial charge on any atom is 0.178 e. The monoisotopic (exact) mass is 392 g/mol. The Hall–Kier alpha value is -1.75. The molecule has 146 valence electrons. The number of hydrogen-bond acceptors (Lipinski definition) is 2. The average Bonchev–Trinajstić information content (AvgIpc) is 3.03. The van der Waals surface area contributed by atoms with Crippen molar-refractivity contribution in [3.63, 3.8) is 0 Å². The van der Waals surface area contributed by atoms with Gasteiger partial charge in [-0.05, 0) is 66.3 Å². The summed E-state index contributed by atoms with van der Waals surface area (Å²) in [5.74, 6) is -0.399. The predicted molar refractivity (Wildman–Crippen MR) is 104 cm³/mol. The molecule has 0 bridgehead atoms. The van der Waals surface area contributed by atoms with Gasteiger partial charge in [0.2, 0.25) is 0 Å². The first-order valence-corrected chi connectivity index (χ1v) is 11.0. The van der Waals surface area contributed by atoms with E-state index in [1.54, 1.807) is 12.1 Å². The highest BCUT2D eigenvalue weighted by atomic mass is 32.2. The summed E-state index contributed by atoms with van der Waals surface area (Å²) in [4.78, 5) is 0.257. The van der Waals surface area contributed by atoms with Gasteiger partial charge in [-0.15, -0.1) is 0 Å². The number of sulfone groups is 1. The number of halogens is 2. The molecule has 0 aromatic heterocycles. The van der Waals surface area contributed by atoms with E-state index in [2.05, 4.69) is 20.8 Å². The topological polar surface area (TPSA) is 34.1 Å². The molecule has 1 aliphatic carbocycles. The standard InChI is InChI=1S/C22H26F2O2S/c1-22(2,3)17-7-4-15(12-17)14-27(25,26)19-9-5-16(6-10-19)20-11-8-18(23)13-21(20)24/h5-6,8-11,13,15,17H,4,7,12,14H2,1-3H3/t15?,17-/m0/s1. The van der Waals surface area contributed by atoms with Gasteiger partial charge in [-0.3, -0.25) is 0 Å². The second-order valence-corrected chi connectivity index (χ2v) is 10.7. The molecule has 1 aliphatic rings. The number of hydrogen-bond donors (Lipinski definition) is 0. The molecule has 1 saturated carbocycles. The SMILES string of the molecule is CC(C)(C)[C@H]1CCC(CS(=O)(=O)c2ccc(-c3ccc(F)cc3F)cc2)C1. The molecule has 27 heavy (non-hydrogen) atoms. The van der Waals surface area contributed by atoms with E-state index in [-0.39, 0.29) is 27.5 Å². The molecule has 0 radical (unpaired) electrons. The predicted octanol–water partition coefficient (Wildman–Crippen LogP) is 5.87. The lowest BCUT2D eigenvalue weighted by Gasteiger charge is -2.26. The molecule has 2 aromatic rings. The molecular weight excluding hydrogens is 366 g/mol. The average molecular weight is 393 g/mol. The Bertz CT molecular complexity index is 912. The van der Waals surface area contributed by atoms with Crippen molar-refractivity contribution in [3.8, 4) is 11.1 Å². The van der Waals surface area contributed by atoms with E-state index in [0.717, 1.165) is 25.3 Å². The number of benzene rings is 2. The molecule has 0 heterocycles. The first-order valence-electron chi connectivity index (χ1n) is 9.34. The Morgan fingerprint density at radius 3 is 2.22 bits per heavy atom. The molecule has 0 amide bonds. The summed E-state index contributed by atoms with van der Waals surface area (Å²) >= 11 is 0. The van der Waals surface area contributed by atoms with E-state index in [0.29, 0.717) is 11.5 Å². The Kier molecular flexibility index (Phi) is 5.44. The zero-order valence-corrected chi connectivity index (χ0v) is 16.8. The zero-order chi connectivity index (χ0) is 19.8. The first-order chi connectivity index (χ1) is 12.6. The molecule has 0 aliphatic heterocycles. The van der Waals surface area contributed by atoms with Gasteiger partial charge in [0.1, 0.15) is 11.6 Å². The van der Waals surface area contributed by atoms with E-state index < -0.39 is 21.5 Å². The van der Waals surface area contributed by atoms with Crippen molar-refractivity contribution in [2.75, 3.05) is 5.75 Å². The van der Waals surface area contributed by atoms with Gasteiger partial charge in [-0.25, -0.2) is 17.2 Å². The van der Waals surface area contributed by atoms with Crippen LogP contribution in [0.4, 0.5) is 8.78 Å². The van der Waals surface area contributed by atoms with Gasteiger partial charge in [-0.2, -0.15) is 0 Å². The Balaban J connectivity index is 1.74. The highest BCUT2D eigenvalue weighted by Gasteiger charge is 2.35. The molecule has 2 aromatic carbocycles. The molecule has 5 heteroatoms. The maximum atomic E-state index is 13.9. The van der Waals surface area contributed by atoms with Crippen LogP contribution in [0.2, 0.25) is 0 Å². The normalized spacial score (nSPS) is 20.8. The second-order valence-electron chi connectivity index (χ2n) is 8.67. The maximum absolute atomic E-state index is 13.9. The summed E-state index contributed by atoms with van der Waals surface area (Å²) in [6.45, 7) is 6.63. The highest BCUT2D eigenvalue weighted by molar-refractivity contribution is 7.91. The minimum absolute atomic E-state index is 0.157. The van der Waals surface area contributed by atoms with Crippen LogP contribution in [0, 0.1) is 28.9 Å². The second kappa shape index (κ2) is 7.34. The minimum atomic E-state index is -3.38. The van der Waals surface area contributed by atoms with Crippen LogP contribution in [0.25, 0.3) is 11.1 Å². The third-order valence-corrected chi connectivity index (χ3v) is 7.58. The fraction of sp³-hybridized carbons (Fsp3) is 0.455. The summed E-state index contributed by atoms with van der Waals surface area (Å²) in [5.41, 5.74) is 0.989. The van der Waals surface area contributed by atoms with Gasteiger partial charge in [0.15, 0.2) is 9.84 Å². The first kappa shape index (κ1) is 20.0. The van der Waals surface area contributed by atoms with Crippen LogP contribution in [-0.2, 0) is 9.84 Å². The van der Waals surface area contributed by atoms with Crippen molar-refractivity contribution < 1.29 is 17.2 Å². The molecule has 1 unspecified atom stereocenters. The minimum Gasteiger partial charge on any atom is -0.224 e. The molecule has 1 fully saturated rings. The fourth-order valence-corrected chi connectivity index (χ4v) is 5.65. The van der Waals surface area contributed by atoms with E-state index in [9.17, 15) is 17.2 Å². The van der Waals surface area contributed by atoms with Gasteiger partial charge in [0.05, 0.1) is 10.6 Å². The number of rotatable bonds is 4. The van der Waals surface area contributed by atoms with Crippen LogP contribution in [0.3, 0.4) is 0 Å². The molecule has 2 nitrogen and oxygen atoms in total. The van der Waals surface area contributed by atoms with Crippen LogP contribution in [0.15, 0.2) is 47.4 Å². The van der Waals surface area contributed by atoms with Crippen molar-refractivity contribution in [1.82, 2.24) is 0 Å². The molecule has 3 rings (SSSR count). The van der Waals surface area contributed by atoms with Crippen molar-refractivity contribution in [2.45, 2.75) is 44.9 Å². The fourth-order valence-electron chi connectivity index (χ4n) is 3.98. The summed E-state index contributed by atoms with van der Waals surface area (Å²) in [6.07, 6.45) is 2.97. The van der Waals surface area contributed by atoms with Crippen LogP contribution in [-0.4, -0.2) is 14.2 Å². The van der Waals surface area contributed by atoms with Gasteiger partial charge >= 0.3 is 0 Å². The van der Waals surface area contributed by atoms with Crippen LogP contribution in [0.5, 0.6) is 0 Å². The third kappa shape index (κ3) is 4.57. The lowest BCUT2D eigenvalue weighted by Crippen LogP contribution is -2.19. The Morgan fingerprint density at radius 1 is 1.00 bits per heavy atom. The summed E-state index contributed by atoms with van der Waals surface area (Å²) < 4.78 is 52.5. The van der Waals surface area contributed by atoms with Crippen molar-refractivity contribution in [2.24, 2.45) is 17.3 Å². The van der Waals surface area contributed by atoms with Gasteiger partial charge in [-0.1, -0.05) is 32.9 Å². The van der Waals surface area contributed by atoms with Crippen LogP contribution < -0.4 is 0 Å². The largest absolute Gasteiger partial charge is 0.224 e. The zero-order valence-electron chi connectivity index (χ0n) is 16.0. The van der Waals surface area contributed by atoms with Crippen LogP contribution in [0.1, 0.15) is 40.0 Å². The molecule has 0 N–H and O–H groups in total. The Morgan fingerprint density at radius 2 is 1.67 bits per heavy atom. The summed E-state index contributed by atoms with van der Waals surface area (Å²) in [5, 5.41) is 0. The van der Waals surface area contributed by atoms with Crippen LogP contribution >= 0.6 is 0 Å². The molecular formula is C22H26F2O2S. The van der Waals surface area contributed by atoms with Gasteiger partial charge < -0.3 is 0 Å². The van der Waals surface area contributed by atoms with Crippen molar-refractivity contribution >= 4 is 9.84 Å². The quantitative estimate of drug-likeness (QED) is 0.652. The molecule has 0 saturated heterocycles. The van der Waals surface area contributed by atoms with Gasteiger partial charge in [0, 0.05) is 11.6 Å². The highest BCUT2D eigenvalue weighted by Crippen LogP contribution is 2.42. The molecule has 2 atom stereocenters. The van der Waals surface area contributed by atoms with E-state index in [4.69, 9.17) is 0 Å². The van der Waals surface area contributed by atoms with Gasteiger partial charge in [0.25, 0.3) is 0 Å². The Labute approximate surface area is 160 Å². The molecule has 0 spiro atoms.